The summed E-state index contributed by atoms with van der Waals surface area (Å²) in [5.74, 6) is 0. The lowest BCUT2D eigenvalue weighted by atomic mass is 10.2. The van der Waals surface area contributed by atoms with Crippen molar-refractivity contribution in [3.8, 4) is 6.07 Å². The summed E-state index contributed by atoms with van der Waals surface area (Å²) in [6.07, 6.45) is 4.85. The standard InChI is InChI=1S/C13H15ClN2O2S2/c1-19-12-4-2-3-11(12)16-20(17,18)13-7-9(8-15)5-6-10(13)14/h5-7,11-12,16H,2-4H2,1H3. The fourth-order valence-corrected chi connectivity index (χ4v) is 5.24. The molecule has 1 aliphatic carbocycles. The van der Waals surface area contributed by atoms with Gasteiger partial charge in [0.1, 0.15) is 4.90 Å². The van der Waals surface area contributed by atoms with Gasteiger partial charge in [-0.05, 0) is 37.3 Å². The molecule has 1 saturated carbocycles. The van der Waals surface area contributed by atoms with Gasteiger partial charge in [-0.3, -0.25) is 0 Å². The highest BCUT2D eigenvalue weighted by Crippen LogP contribution is 2.30. The Morgan fingerprint density at radius 1 is 1.45 bits per heavy atom. The number of hydrogen-bond acceptors (Lipinski definition) is 4. The van der Waals surface area contributed by atoms with Gasteiger partial charge < -0.3 is 0 Å². The molecule has 4 nitrogen and oxygen atoms in total. The molecule has 1 fully saturated rings. The van der Waals surface area contributed by atoms with E-state index in [1.54, 1.807) is 11.8 Å². The SMILES string of the molecule is CSC1CCCC1NS(=O)(=O)c1cc(C#N)ccc1Cl. The molecule has 0 saturated heterocycles. The number of thioether (sulfide) groups is 1. The van der Waals surface area contributed by atoms with E-state index in [2.05, 4.69) is 4.72 Å². The van der Waals surface area contributed by atoms with Gasteiger partial charge in [-0.25, -0.2) is 13.1 Å². The maximum Gasteiger partial charge on any atom is 0.242 e. The lowest BCUT2D eigenvalue weighted by Gasteiger charge is -2.19. The van der Waals surface area contributed by atoms with Gasteiger partial charge in [0.25, 0.3) is 0 Å². The fourth-order valence-electron chi connectivity index (χ4n) is 2.38. The van der Waals surface area contributed by atoms with Crippen LogP contribution in [0, 0.1) is 11.3 Å². The number of hydrogen-bond donors (Lipinski definition) is 1. The molecule has 0 radical (unpaired) electrons. The number of sulfonamides is 1. The zero-order valence-corrected chi connectivity index (χ0v) is 13.4. The molecule has 0 aromatic heterocycles. The van der Waals surface area contributed by atoms with Crippen molar-refractivity contribution in [2.45, 2.75) is 35.4 Å². The topological polar surface area (TPSA) is 70.0 Å². The van der Waals surface area contributed by atoms with E-state index < -0.39 is 10.0 Å². The lowest BCUT2D eigenvalue weighted by Crippen LogP contribution is -2.38. The molecule has 2 atom stereocenters. The fraction of sp³-hybridized carbons (Fsp3) is 0.462. The van der Waals surface area contributed by atoms with Gasteiger partial charge in [0.2, 0.25) is 10.0 Å². The Labute approximate surface area is 128 Å². The van der Waals surface area contributed by atoms with Crippen molar-refractivity contribution < 1.29 is 8.42 Å². The third-order valence-corrected chi connectivity index (χ3v) is 6.55. The van der Waals surface area contributed by atoms with Crippen molar-refractivity contribution in [3.05, 3.63) is 28.8 Å². The Kier molecular flexibility index (Phi) is 4.97. The minimum atomic E-state index is -3.70. The van der Waals surface area contributed by atoms with Crippen LogP contribution in [0.25, 0.3) is 0 Å². The number of benzene rings is 1. The van der Waals surface area contributed by atoms with Crippen LogP contribution in [0.4, 0.5) is 0 Å². The van der Waals surface area contributed by atoms with E-state index in [4.69, 9.17) is 16.9 Å². The molecule has 0 aliphatic heterocycles. The van der Waals surface area contributed by atoms with E-state index in [0.29, 0.717) is 5.25 Å². The van der Waals surface area contributed by atoms with Gasteiger partial charge in [0, 0.05) is 11.3 Å². The minimum Gasteiger partial charge on any atom is -0.207 e. The smallest absolute Gasteiger partial charge is 0.207 e. The summed E-state index contributed by atoms with van der Waals surface area (Å²) in [6, 6.07) is 6.11. The van der Waals surface area contributed by atoms with Crippen LogP contribution >= 0.6 is 23.4 Å². The molecule has 0 heterocycles. The molecule has 0 spiro atoms. The normalized spacial score (nSPS) is 22.6. The first-order valence-electron chi connectivity index (χ1n) is 6.22. The van der Waals surface area contributed by atoms with Crippen LogP contribution < -0.4 is 4.72 Å². The molecule has 108 valence electrons. The summed E-state index contributed by atoms with van der Waals surface area (Å²) in [5, 5.41) is 9.30. The van der Waals surface area contributed by atoms with Crippen LogP contribution in [0.2, 0.25) is 5.02 Å². The first-order chi connectivity index (χ1) is 9.47. The summed E-state index contributed by atoms with van der Waals surface area (Å²) >= 11 is 7.64. The largest absolute Gasteiger partial charge is 0.242 e. The first kappa shape index (κ1) is 15.6. The zero-order valence-electron chi connectivity index (χ0n) is 11.0. The number of nitrogens with zero attached hydrogens (tertiary/aromatic N) is 1. The molecule has 1 aromatic carbocycles. The number of nitriles is 1. The Morgan fingerprint density at radius 2 is 2.20 bits per heavy atom. The third-order valence-electron chi connectivity index (χ3n) is 3.41. The maximum atomic E-state index is 12.4. The highest BCUT2D eigenvalue weighted by Gasteiger charge is 2.31. The number of nitrogens with one attached hydrogen (secondary N) is 1. The molecule has 0 amide bonds. The number of rotatable bonds is 4. The van der Waals surface area contributed by atoms with Gasteiger partial charge in [-0.15, -0.1) is 0 Å². The molecular formula is C13H15ClN2O2S2. The van der Waals surface area contributed by atoms with Crippen LogP contribution in [-0.2, 0) is 10.0 Å². The Balaban J connectivity index is 2.29. The van der Waals surface area contributed by atoms with Gasteiger partial charge in [0.05, 0.1) is 16.7 Å². The van der Waals surface area contributed by atoms with Gasteiger partial charge >= 0.3 is 0 Å². The van der Waals surface area contributed by atoms with E-state index >= 15 is 0 Å². The second-order valence-electron chi connectivity index (χ2n) is 4.69. The van der Waals surface area contributed by atoms with Crippen LogP contribution in [0.15, 0.2) is 23.1 Å². The quantitative estimate of drug-likeness (QED) is 0.921. The van der Waals surface area contributed by atoms with Crippen molar-refractivity contribution in [2.75, 3.05) is 6.26 Å². The predicted octanol–water partition coefficient (Wildman–Crippen LogP) is 2.77. The summed E-state index contributed by atoms with van der Waals surface area (Å²) in [7, 11) is -3.70. The average molecular weight is 331 g/mol. The molecule has 7 heteroatoms. The van der Waals surface area contributed by atoms with E-state index in [9.17, 15) is 8.42 Å². The highest BCUT2D eigenvalue weighted by atomic mass is 35.5. The van der Waals surface area contributed by atoms with Crippen molar-refractivity contribution in [2.24, 2.45) is 0 Å². The van der Waals surface area contributed by atoms with Gasteiger partial charge in [-0.1, -0.05) is 18.0 Å². The van der Waals surface area contributed by atoms with Crippen LogP contribution in [0.3, 0.4) is 0 Å². The second kappa shape index (κ2) is 6.35. The summed E-state index contributed by atoms with van der Waals surface area (Å²) < 4.78 is 27.6. The summed E-state index contributed by atoms with van der Waals surface area (Å²) in [4.78, 5) is -0.0232. The number of halogens is 1. The molecule has 1 aliphatic rings. The van der Waals surface area contributed by atoms with E-state index in [1.165, 1.54) is 18.2 Å². The van der Waals surface area contributed by atoms with Crippen LogP contribution in [-0.4, -0.2) is 26.0 Å². The molecular weight excluding hydrogens is 316 g/mol. The van der Waals surface area contributed by atoms with E-state index in [-0.39, 0.29) is 21.5 Å². The summed E-state index contributed by atoms with van der Waals surface area (Å²) in [5.41, 5.74) is 0.280. The molecule has 2 unspecified atom stereocenters. The maximum absolute atomic E-state index is 12.4. The zero-order chi connectivity index (χ0) is 14.8. The Morgan fingerprint density at radius 3 is 2.85 bits per heavy atom. The Hall–Kier alpha value is -0.740. The van der Waals surface area contributed by atoms with E-state index in [1.807, 2.05) is 12.3 Å². The third kappa shape index (κ3) is 3.29. The average Bonchev–Trinajstić information content (AvgIpc) is 2.85. The van der Waals surface area contributed by atoms with Crippen LogP contribution in [0.1, 0.15) is 24.8 Å². The highest BCUT2D eigenvalue weighted by molar-refractivity contribution is 7.99. The molecule has 1 aromatic rings. The monoisotopic (exact) mass is 330 g/mol. The van der Waals surface area contributed by atoms with Gasteiger partial charge in [-0.2, -0.15) is 17.0 Å². The van der Waals surface area contributed by atoms with Gasteiger partial charge in [0.15, 0.2) is 0 Å². The van der Waals surface area contributed by atoms with Crippen molar-refractivity contribution in [1.82, 2.24) is 4.72 Å². The lowest BCUT2D eigenvalue weighted by molar-refractivity contribution is 0.555. The minimum absolute atomic E-state index is 0.0232. The van der Waals surface area contributed by atoms with Crippen molar-refractivity contribution in [3.63, 3.8) is 0 Å². The molecule has 20 heavy (non-hydrogen) atoms. The second-order valence-corrected chi connectivity index (χ2v) is 7.86. The first-order valence-corrected chi connectivity index (χ1v) is 9.37. The van der Waals surface area contributed by atoms with Crippen molar-refractivity contribution >= 4 is 33.4 Å². The Bertz CT molecular complexity index is 640. The molecule has 1 N–H and O–H groups in total. The van der Waals surface area contributed by atoms with Crippen molar-refractivity contribution in [1.29, 1.82) is 5.26 Å². The molecule has 0 bridgehead atoms. The van der Waals surface area contributed by atoms with E-state index in [0.717, 1.165) is 19.3 Å². The molecule has 2 rings (SSSR count). The van der Waals surface area contributed by atoms with Crippen LogP contribution in [0.5, 0.6) is 0 Å². The summed E-state index contributed by atoms with van der Waals surface area (Å²) in [6.45, 7) is 0. The predicted molar refractivity (Wildman–Crippen MR) is 81.4 cm³/mol.